The minimum atomic E-state index is -0.180. The first-order valence-electron chi connectivity index (χ1n) is 7.65. The minimum absolute atomic E-state index is 0.180. The molecule has 0 bridgehead atoms. The van der Waals surface area contributed by atoms with Crippen LogP contribution in [0.15, 0.2) is 53.7 Å². The number of pyridine rings is 1. The van der Waals surface area contributed by atoms with Gasteiger partial charge >= 0.3 is 0 Å². The zero-order valence-corrected chi connectivity index (χ0v) is 14.4. The van der Waals surface area contributed by atoms with E-state index in [1.807, 2.05) is 6.07 Å². The van der Waals surface area contributed by atoms with Crippen molar-refractivity contribution < 1.29 is 4.74 Å². The van der Waals surface area contributed by atoms with Crippen LogP contribution in [0.5, 0.6) is 5.75 Å². The Labute approximate surface area is 152 Å². The SMILES string of the molecule is COc1ccc(Nc2nc3c(-c4ccc(=O)[nH]c4)nccn3n2)cc1Cl. The second-order valence-corrected chi connectivity index (χ2v) is 5.80. The van der Waals surface area contributed by atoms with Gasteiger partial charge in [0.05, 0.1) is 12.1 Å². The smallest absolute Gasteiger partial charge is 0.247 e. The van der Waals surface area contributed by atoms with E-state index in [1.165, 1.54) is 6.07 Å². The van der Waals surface area contributed by atoms with Crippen molar-refractivity contribution in [2.45, 2.75) is 0 Å². The lowest BCUT2D eigenvalue weighted by molar-refractivity contribution is 0.415. The number of nitrogens with zero attached hydrogens (tertiary/aromatic N) is 4. The Hall–Kier alpha value is -3.39. The van der Waals surface area contributed by atoms with E-state index in [-0.39, 0.29) is 5.56 Å². The van der Waals surface area contributed by atoms with E-state index in [2.05, 4.69) is 25.4 Å². The zero-order chi connectivity index (χ0) is 18.1. The first kappa shape index (κ1) is 16.1. The third kappa shape index (κ3) is 2.98. The van der Waals surface area contributed by atoms with Crippen molar-refractivity contribution in [1.82, 2.24) is 24.6 Å². The number of aromatic amines is 1. The van der Waals surface area contributed by atoms with Crippen LogP contribution in [0, 0.1) is 0 Å². The molecular formula is C17H13ClN6O2. The summed E-state index contributed by atoms with van der Waals surface area (Å²) >= 11 is 6.14. The van der Waals surface area contributed by atoms with E-state index in [0.717, 1.165) is 11.3 Å². The molecule has 8 nitrogen and oxygen atoms in total. The second-order valence-electron chi connectivity index (χ2n) is 5.40. The Morgan fingerprint density at radius 1 is 1.27 bits per heavy atom. The number of halogens is 1. The lowest BCUT2D eigenvalue weighted by Gasteiger charge is -2.05. The number of hydrogen-bond acceptors (Lipinski definition) is 6. The van der Waals surface area contributed by atoms with Crippen molar-refractivity contribution in [3.8, 4) is 17.0 Å². The number of nitrogens with one attached hydrogen (secondary N) is 2. The van der Waals surface area contributed by atoms with Crippen LogP contribution in [0.4, 0.5) is 11.6 Å². The van der Waals surface area contributed by atoms with Crippen LogP contribution in [0.1, 0.15) is 0 Å². The summed E-state index contributed by atoms with van der Waals surface area (Å²) in [7, 11) is 1.56. The third-order valence-corrected chi connectivity index (χ3v) is 4.02. The van der Waals surface area contributed by atoms with E-state index in [9.17, 15) is 4.79 Å². The lowest BCUT2D eigenvalue weighted by Crippen LogP contribution is -2.02. The van der Waals surface area contributed by atoms with Crippen LogP contribution in [0.3, 0.4) is 0 Å². The van der Waals surface area contributed by atoms with Crippen molar-refractivity contribution in [3.05, 3.63) is 64.3 Å². The van der Waals surface area contributed by atoms with Gasteiger partial charge in [0, 0.05) is 35.9 Å². The van der Waals surface area contributed by atoms with Crippen molar-refractivity contribution in [3.63, 3.8) is 0 Å². The van der Waals surface area contributed by atoms with E-state index >= 15 is 0 Å². The molecule has 0 atom stereocenters. The molecule has 9 heteroatoms. The number of rotatable bonds is 4. The molecule has 3 aromatic heterocycles. The molecule has 0 aliphatic heterocycles. The molecule has 26 heavy (non-hydrogen) atoms. The highest BCUT2D eigenvalue weighted by molar-refractivity contribution is 6.32. The van der Waals surface area contributed by atoms with Crippen molar-refractivity contribution in [2.24, 2.45) is 0 Å². The summed E-state index contributed by atoms with van der Waals surface area (Å²) in [6.07, 6.45) is 4.91. The number of H-pyrrole nitrogens is 1. The quantitative estimate of drug-likeness (QED) is 0.575. The molecule has 0 aliphatic rings. The van der Waals surface area contributed by atoms with Crippen LogP contribution < -0.4 is 15.6 Å². The Bertz CT molecular complexity index is 1130. The Morgan fingerprint density at radius 2 is 2.15 bits per heavy atom. The number of hydrogen-bond donors (Lipinski definition) is 2. The number of ether oxygens (including phenoxy) is 1. The van der Waals surface area contributed by atoms with Crippen LogP contribution in [0.25, 0.3) is 16.9 Å². The molecule has 130 valence electrons. The molecule has 0 saturated heterocycles. The molecule has 3 heterocycles. The predicted octanol–water partition coefficient (Wildman–Crippen LogP) is 2.89. The van der Waals surface area contributed by atoms with Gasteiger partial charge < -0.3 is 15.0 Å². The molecule has 0 unspecified atom stereocenters. The van der Waals surface area contributed by atoms with Gasteiger partial charge in [-0.2, -0.15) is 4.98 Å². The molecule has 4 rings (SSSR count). The average Bonchev–Trinajstić information content (AvgIpc) is 3.05. The Morgan fingerprint density at radius 3 is 2.88 bits per heavy atom. The summed E-state index contributed by atoms with van der Waals surface area (Å²) in [6.45, 7) is 0. The highest BCUT2D eigenvalue weighted by Gasteiger charge is 2.12. The third-order valence-electron chi connectivity index (χ3n) is 3.72. The van der Waals surface area contributed by atoms with Gasteiger partial charge in [0.2, 0.25) is 11.5 Å². The standard InChI is InChI=1S/C17H13ClN6O2/c1-26-13-4-3-11(8-12(13)18)21-17-22-16-15(19-6-7-24(16)23-17)10-2-5-14(25)20-9-10/h2-9H,1H3,(H,20,25)(H,21,23). The molecule has 0 amide bonds. The topological polar surface area (TPSA) is 97.2 Å². The van der Waals surface area contributed by atoms with Crippen LogP contribution in [-0.2, 0) is 0 Å². The van der Waals surface area contributed by atoms with Gasteiger partial charge in [-0.15, -0.1) is 5.10 Å². The van der Waals surface area contributed by atoms with Gasteiger partial charge in [-0.05, 0) is 24.3 Å². The maximum Gasteiger partial charge on any atom is 0.247 e. The highest BCUT2D eigenvalue weighted by Crippen LogP contribution is 2.28. The highest BCUT2D eigenvalue weighted by atomic mass is 35.5. The first-order chi connectivity index (χ1) is 12.6. The number of benzene rings is 1. The normalized spacial score (nSPS) is 10.8. The predicted molar refractivity (Wildman–Crippen MR) is 98.1 cm³/mol. The minimum Gasteiger partial charge on any atom is -0.495 e. The number of methoxy groups -OCH3 is 1. The fourth-order valence-electron chi connectivity index (χ4n) is 2.51. The van der Waals surface area contributed by atoms with Gasteiger partial charge in [-0.25, -0.2) is 4.52 Å². The summed E-state index contributed by atoms with van der Waals surface area (Å²) in [5.74, 6) is 0.981. The van der Waals surface area contributed by atoms with Gasteiger partial charge in [-0.3, -0.25) is 9.78 Å². The maximum absolute atomic E-state index is 11.3. The summed E-state index contributed by atoms with van der Waals surface area (Å²) in [4.78, 5) is 22.7. The molecule has 0 spiro atoms. The summed E-state index contributed by atoms with van der Waals surface area (Å²) in [5.41, 5.74) is 2.45. The second kappa shape index (κ2) is 6.49. The molecule has 0 saturated carbocycles. The summed E-state index contributed by atoms with van der Waals surface area (Å²) in [5, 5.41) is 7.98. The van der Waals surface area contributed by atoms with Gasteiger partial charge in [-0.1, -0.05) is 11.6 Å². The van der Waals surface area contributed by atoms with Crippen LogP contribution in [0.2, 0.25) is 5.02 Å². The molecule has 0 fully saturated rings. The van der Waals surface area contributed by atoms with E-state index in [0.29, 0.717) is 28.1 Å². The average molecular weight is 369 g/mol. The number of aromatic nitrogens is 5. The summed E-state index contributed by atoms with van der Waals surface area (Å²) in [6, 6.07) is 8.43. The first-order valence-corrected chi connectivity index (χ1v) is 8.03. The van der Waals surface area contributed by atoms with E-state index in [1.54, 1.807) is 48.4 Å². The lowest BCUT2D eigenvalue weighted by atomic mass is 10.2. The van der Waals surface area contributed by atoms with Gasteiger partial charge in [0.25, 0.3) is 0 Å². The molecular weight excluding hydrogens is 356 g/mol. The van der Waals surface area contributed by atoms with Crippen LogP contribution in [-0.4, -0.2) is 31.7 Å². The van der Waals surface area contributed by atoms with E-state index in [4.69, 9.17) is 16.3 Å². The van der Waals surface area contributed by atoms with Crippen molar-refractivity contribution in [1.29, 1.82) is 0 Å². The maximum atomic E-state index is 11.3. The molecule has 0 radical (unpaired) electrons. The van der Waals surface area contributed by atoms with Crippen LogP contribution >= 0.6 is 11.6 Å². The Balaban J connectivity index is 1.72. The fourth-order valence-corrected chi connectivity index (χ4v) is 2.76. The number of fused-ring (bicyclic) bond motifs is 1. The van der Waals surface area contributed by atoms with Crippen molar-refractivity contribution in [2.75, 3.05) is 12.4 Å². The summed E-state index contributed by atoms with van der Waals surface area (Å²) < 4.78 is 6.75. The van der Waals surface area contributed by atoms with Gasteiger partial charge in [0.15, 0.2) is 5.65 Å². The van der Waals surface area contributed by atoms with Gasteiger partial charge in [0.1, 0.15) is 11.4 Å². The largest absolute Gasteiger partial charge is 0.495 e. The van der Waals surface area contributed by atoms with E-state index < -0.39 is 0 Å². The molecule has 0 aliphatic carbocycles. The monoisotopic (exact) mass is 368 g/mol. The van der Waals surface area contributed by atoms with Crippen molar-refractivity contribution >= 4 is 28.9 Å². The molecule has 2 N–H and O–H groups in total. The fraction of sp³-hybridized carbons (Fsp3) is 0.0588. The number of anilines is 2. The molecule has 1 aromatic carbocycles. The zero-order valence-electron chi connectivity index (χ0n) is 13.6. The molecule has 4 aromatic rings. The Kier molecular flexibility index (Phi) is 4.02.